The summed E-state index contributed by atoms with van der Waals surface area (Å²) in [6, 6.07) is 1.67. The van der Waals surface area contributed by atoms with Crippen LogP contribution >= 0.6 is 0 Å². The first-order chi connectivity index (χ1) is 6.48. The Morgan fingerprint density at radius 3 is 3.36 bits per heavy atom. The maximum absolute atomic E-state index is 7.42. The summed E-state index contributed by atoms with van der Waals surface area (Å²) in [5, 5.41) is 3.11. The largest absolute Gasteiger partial charge is 0.307 e. The van der Waals surface area contributed by atoms with Gasteiger partial charge in [-0.1, -0.05) is 0 Å². The van der Waals surface area contributed by atoms with Crippen LogP contribution in [0.1, 0.15) is 26.6 Å². The van der Waals surface area contributed by atoms with Crippen molar-refractivity contribution in [3.05, 3.63) is 28.6 Å². The molecule has 1 aromatic rings. The summed E-state index contributed by atoms with van der Waals surface area (Å²) in [5.41, 5.74) is 2.97. The van der Waals surface area contributed by atoms with E-state index < -0.39 is 6.85 Å². The van der Waals surface area contributed by atoms with Crippen molar-refractivity contribution in [2.24, 2.45) is 0 Å². The standard InChI is InChI=1S/C9H12N2/c1-6-3-7(2)11-9-5-10-4-8(6)9/h3,10H,4-5H2,1-2H3/i1D3. The highest BCUT2D eigenvalue weighted by Gasteiger charge is 2.13. The van der Waals surface area contributed by atoms with Gasteiger partial charge in [-0.3, -0.25) is 4.98 Å². The van der Waals surface area contributed by atoms with Gasteiger partial charge in [0.05, 0.1) is 5.69 Å². The summed E-state index contributed by atoms with van der Waals surface area (Å²) in [7, 11) is 0. The highest BCUT2D eigenvalue weighted by molar-refractivity contribution is 5.33. The Labute approximate surface area is 70.9 Å². The molecule has 0 saturated carbocycles. The van der Waals surface area contributed by atoms with E-state index in [1.165, 1.54) is 0 Å². The summed E-state index contributed by atoms with van der Waals surface area (Å²) in [6.45, 7) is 1.11. The molecule has 0 amide bonds. The van der Waals surface area contributed by atoms with Crippen LogP contribution in [-0.2, 0) is 13.1 Å². The van der Waals surface area contributed by atoms with Gasteiger partial charge in [-0.25, -0.2) is 0 Å². The average Bonchev–Trinajstić information content (AvgIpc) is 2.47. The molecule has 1 N–H and O–H groups in total. The van der Waals surface area contributed by atoms with Gasteiger partial charge in [-0.05, 0) is 31.0 Å². The molecular formula is C9H12N2. The van der Waals surface area contributed by atoms with Gasteiger partial charge in [0, 0.05) is 22.9 Å². The molecule has 0 radical (unpaired) electrons. The minimum absolute atomic E-state index is 0.449. The summed E-state index contributed by atoms with van der Waals surface area (Å²) in [6.07, 6.45) is 0. The number of aryl methyl sites for hydroxylation is 2. The molecule has 58 valence electrons. The molecule has 11 heavy (non-hydrogen) atoms. The lowest BCUT2D eigenvalue weighted by atomic mass is 10.1. The van der Waals surface area contributed by atoms with E-state index in [9.17, 15) is 0 Å². The maximum Gasteiger partial charge on any atom is 0.0592 e. The van der Waals surface area contributed by atoms with Crippen LogP contribution in [0.4, 0.5) is 0 Å². The van der Waals surface area contributed by atoms with Gasteiger partial charge in [0.2, 0.25) is 0 Å². The van der Waals surface area contributed by atoms with Crippen LogP contribution in [0.3, 0.4) is 0 Å². The predicted octanol–water partition coefficient (Wildman–Crippen LogP) is 1.30. The molecule has 0 aliphatic carbocycles. The lowest BCUT2D eigenvalue weighted by Crippen LogP contribution is -2.00. The molecule has 0 saturated heterocycles. The summed E-state index contributed by atoms with van der Waals surface area (Å²) >= 11 is 0. The SMILES string of the molecule is [2H]C([2H])([2H])c1cc(C)nc2c1CNC2. The number of nitrogens with one attached hydrogen (secondary N) is 1. The lowest BCUT2D eigenvalue weighted by Gasteiger charge is -2.02. The summed E-state index contributed by atoms with van der Waals surface area (Å²) in [4.78, 5) is 4.32. The van der Waals surface area contributed by atoms with Gasteiger partial charge in [0.15, 0.2) is 0 Å². The Hall–Kier alpha value is -0.890. The zero-order chi connectivity index (χ0) is 10.3. The summed E-state index contributed by atoms with van der Waals surface area (Å²) < 4.78 is 22.2. The quantitative estimate of drug-likeness (QED) is 0.604. The zero-order valence-electron chi connectivity index (χ0n) is 9.44. The molecule has 2 heterocycles. The molecule has 0 unspecified atom stereocenters. The van der Waals surface area contributed by atoms with Crippen LogP contribution in [0.5, 0.6) is 0 Å². The monoisotopic (exact) mass is 151 g/mol. The van der Waals surface area contributed by atoms with Crippen molar-refractivity contribution in [1.82, 2.24) is 10.3 Å². The molecule has 1 aliphatic rings. The molecule has 0 bridgehead atoms. The fourth-order valence-corrected chi connectivity index (χ4v) is 1.41. The number of nitrogens with zero attached hydrogens (tertiary/aromatic N) is 1. The number of hydrogen-bond donors (Lipinski definition) is 1. The third-order valence-electron chi connectivity index (χ3n) is 1.93. The van der Waals surface area contributed by atoms with E-state index in [1.54, 1.807) is 6.07 Å². The molecule has 2 rings (SSSR count). The molecule has 0 aromatic carbocycles. The van der Waals surface area contributed by atoms with Gasteiger partial charge in [-0.15, -0.1) is 0 Å². The Morgan fingerprint density at radius 2 is 2.55 bits per heavy atom. The maximum atomic E-state index is 7.42. The van der Waals surface area contributed by atoms with Crippen molar-refractivity contribution in [3.8, 4) is 0 Å². The first-order valence-corrected chi connectivity index (χ1v) is 3.69. The fourth-order valence-electron chi connectivity index (χ4n) is 1.41. The van der Waals surface area contributed by atoms with Crippen LogP contribution in [0.15, 0.2) is 6.07 Å². The Bertz CT molecular complexity index is 371. The Balaban J connectivity index is 2.60. The molecule has 2 nitrogen and oxygen atoms in total. The lowest BCUT2D eigenvalue weighted by molar-refractivity contribution is 0.756. The fraction of sp³-hybridized carbons (Fsp3) is 0.444. The number of rotatable bonds is 0. The van der Waals surface area contributed by atoms with Gasteiger partial charge < -0.3 is 5.32 Å². The predicted molar refractivity (Wildman–Crippen MR) is 44.3 cm³/mol. The van der Waals surface area contributed by atoms with Crippen LogP contribution in [0, 0.1) is 13.8 Å². The third kappa shape index (κ3) is 1.03. The Kier molecular flexibility index (Phi) is 0.885. The van der Waals surface area contributed by atoms with E-state index in [0.717, 1.165) is 17.0 Å². The minimum atomic E-state index is -2.02. The zero-order valence-corrected chi connectivity index (χ0v) is 6.44. The van der Waals surface area contributed by atoms with E-state index in [0.29, 0.717) is 18.7 Å². The van der Waals surface area contributed by atoms with Gasteiger partial charge in [0.1, 0.15) is 0 Å². The molecule has 0 atom stereocenters. The molecule has 0 fully saturated rings. The normalized spacial score (nSPS) is 20.3. The first kappa shape index (κ1) is 4.21. The topological polar surface area (TPSA) is 24.9 Å². The second-order valence-electron chi connectivity index (χ2n) is 2.84. The Morgan fingerprint density at radius 1 is 1.64 bits per heavy atom. The van der Waals surface area contributed by atoms with Crippen LogP contribution in [0.2, 0.25) is 0 Å². The van der Waals surface area contributed by atoms with Crippen molar-refractivity contribution in [3.63, 3.8) is 0 Å². The van der Waals surface area contributed by atoms with E-state index in [-0.39, 0.29) is 0 Å². The minimum Gasteiger partial charge on any atom is -0.307 e. The van der Waals surface area contributed by atoms with Gasteiger partial charge in [-0.2, -0.15) is 0 Å². The van der Waals surface area contributed by atoms with E-state index in [2.05, 4.69) is 10.3 Å². The van der Waals surface area contributed by atoms with Crippen LogP contribution in [-0.4, -0.2) is 4.98 Å². The number of aromatic nitrogens is 1. The smallest absolute Gasteiger partial charge is 0.0592 e. The number of hydrogen-bond acceptors (Lipinski definition) is 2. The second-order valence-corrected chi connectivity index (χ2v) is 2.84. The van der Waals surface area contributed by atoms with E-state index in [1.807, 2.05) is 6.92 Å². The highest BCUT2D eigenvalue weighted by atomic mass is 14.9. The van der Waals surface area contributed by atoms with Gasteiger partial charge in [0.25, 0.3) is 0 Å². The van der Waals surface area contributed by atoms with Crippen LogP contribution < -0.4 is 5.32 Å². The highest BCUT2D eigenvalue weighted by Crippen LogP contribution is 2.17. The van der Waals surface area contributed by atoms with Crippen LogP contribution in [0.25, 0.3) is 0 Å². The molecular weight excluding hydrogens is 136 g/mol. The molecule has 1 aliphatic heterocycles. The number of fused-ring (bicyclic) bond motifs is 1. The van der Waals surface area contributed by atoms with Crippen molar-refractivity contribution in [1.29, 1.82) is 0 Å². The first-order valence-electron chi connectivity index (χ1n) is 5.19. The van der Waals surface area contributed by atoms with Gasteiger partial charge >= 0.3 is 0 Å². The van der Waals surface area contributed by atoms with Crippen molar-refractivity contribution < 1.29 is 4.11 Å². The second kappa shape index (κ2) is 2.31. The van der Waals surface area contributed by atoms with E-state index >= 15 is 0 Å². The van der Waals surface area contributed by atoms with E-state index in [4.69, 9.17) is 4.11 Å². The molecule has 2 heteroatoms. The molecule has 1 aromatic heterocycles. The van der Waals surface area contributed by atoms with Crippen molar-refractivity contribution >= 4 is 0 Å². The summed E-state index contributed by atoms with van der Waals surface area (Å²) in [5.74, 6) is 0. The van der Waals surface area contributed by atoms with Crippen molar-refractivity contribution in [2.45, 2.75) is 26.9 Å². The molecule has 0 spiro atoms. The third-order valence-corrected chi connectivity index (χ3v) is 1.93. The van der Waals surface area contributed by atoms with Crippen molar-refractivity contribution in [2.75, 3.05) is 0 Å². The number of pyridine rings is 1. The average molecular weight is 151 g/mol.